The number of ether oxygens (including phenoxy) is 2. The van der Waals surface area contributed by atoms with E-state index in [9.17, 15) is 19.8 Å². The molecule has 0 spiro atoms. The molecule has 2 heterocycles. The second-order valence-corrected chi connectivity index (χ2v) is 7.18. The molecule has 2 atom stereocenters. The molecule has 1 amide bonds. The number of aromatic hydroxyl groups is 2. The molecule has 9 heteroatoms. The first-order valence-corrected chi connectivity index (χ1v) is 9.93. The van der Waals surface area contributed by atoms with Crippen LogP contribution in [-0.2, 0) is 19.1 Å². The van der Waals surface area contributed by atoms with Crippen molar-refractivity contribution in [3.63, 3.8) is 0 Å². The summed E-state index contributed by atoms with van der Waals surface area (Å²) < 4.78 is 12.2. The number of nitrogens with zero attached hydrogens (tertiary/aromatic N) is 3. The molecule has 1 aliphatic heterocycles. The maximum absolute atomic E-state index is 13.5. The van der Waals surface area contributed by atoms with Gasteiger partial charge in [-0.2, -0.15) is 0 Å². The molecular formula is C22H23N3O6. The third kappa shape index (κ3) is 3.46. The van der Waals surface area contributed by atoms with Gasteiger partial charge in [-0.25, -0.2) is 4.98 Å². The first-order chi connectivity index (χ1) is 15.0. The lowest BCUT2D eigenvalue weighted by molar-refractivity contribution is -0.153. The number of carbonyl (C=O) groups is 2. The molecule has 0 radical (unpaired) electrons. The zero-order valence-corrected chi connectivity index (χ0v) is 17.2. The molecule has 0 fully saturated rings. The van der Waals surface area contributed by atoms with Crippen molar-refractivity contribution >= 4 is 28.9 Å². The number of fused-ring (bicyclic) bond motifs is 3. The first-order valence-electron chi connectivity index (χ1n) is 9.93. The number of rotatable bonds is 6. The minimum atomic E-state index is -1.20. The van der Waals surface area contributed by atoms with Crippen molar-refractivity contribution in [3.05, 3.63) is 48.0 Å². The third-order valence-electron chi connectivity index (χ3n) is 5.35. The number of esters is 1. The van der Waals surface area contributed by atoms with Crippen LogP contribution in [-0.4, -0.2) is 58.5 Å². The van der Waals surface area contributed by atoms with Crippen molar-refractivity contribution < 1.29 is 29.3 Å². The van der Waals surface area contributed by atoms with Crippen LogP contribution in [0.1, 0.15) is 18.5 Å². The van der Waals surface area contributed by atoms with Gasteiger partial charge in [-0.15, -0.1) is 0 Å². The van der Waals surface area contributed by atoms with Gasteiger partial charge in [-0.1, -0.05) is 18.2 Å². The summed E-state index contributed by atoms with van der Waals surface area (Å²) in [5, 5.41) is 19.9. The van der Waals surface area contributed by atoms with Crippen molar-refractivity contribution in [1.82, 2.24) is 9.55 Å². The van der Waals surface area contributed by atoms with E-state index in [1.807, 2.05) is 24.3 Å². The Kier molecular flexibility index (Phi) is 5.51. The van der Waals surface area contributed by atoms with Crippen LogP contribution in [0.25, 0.3) is 11.0 Å². The molecule has 0 bridgehead atoms. The average molecular weight is 425 g/mol. The Hall–Kier alpha value is -3.59. The summed E-state index contributed by atoms with van der Waals surface area (Å²) in [6, 6.07) is 10.8. The van der Waals surface area contributed by atoms with Crippen LogP contribution < -0.4 is 4.90 Å². The number of para-hydroxylation sites is 2. The molecule has 31 heavy (non-hydrogen) atoms. The van der Waals surface area contributed by atoms with E-state index in [4.69, 9.17) is 9.47 Å². The van der Waals surface area contributed by atoms with Crippen molar-refractivity contribution in [2.24, 2.45) is 5.92 Å². The second kappa shape index (κ2) is 8.27. The number of hydrogen-bond donors (Lipinski definition) is 2. The summed E-state index contributed by atoms with van der Waals surface area (Å²) in [5.41, 5.74) is 1.85. The fourth-order valence-corrected chi connectivity index (χ4v) is 3.97. The molecule has 0 saturated carbocycles. The van der Waals surface area contributed by atoms with Crippen LogP contribution in [0.5, 0.6) is 11.5 Å². The highest BCUT2D eigenvalue weighted by Gasteiger charge is 2.47. The molecule has 0 aliphatic carbocycles. The van der Waals surface area contributed by atoms with Crippen molar-refractivity contribution in [2.75, 3.05) is 31.8 Å². The van der Waals surface area contributed by atoms with Gasteiger partial charge in [0.25, 0.3) is 0 Å². The van der Waals surface area contributed by atoms with E-state index in [2.05, 4.69) is 4.98 Å². The topological polar surface area (TPSA) is 114 Å². The van der Waals surface area contributed by atoms with Gasteiger partial charge in [0.2, 0.25) is 11.9 Å². The number of aromatic nitrogens is 2. The predicted molar refractivity (Wildman–Crippen MR) is 112 cm³/mol. The highest BCUT2D eigenvalue weighted by molar-refractivity contribution is 6.08. The lowest BCUT2D eigenvalue weighted by Gasteiger charge is -2.37. The highest BCUT2D eigenvalue weighted by Crippen LogP contribution is 2.42. The normalized spacial score (nSPS) is 18.3. The van der Waals surface area contributed by atoms with Crippen LogP contribution in [0, 0.1) is 5.92 Å². The Labute approximate surface area is 178 Å². The maximum atomic E-state index is 13.5. The Morgan fingerprint density at radius 2 is 1.94 bits per heavy atom. The van der Waals surface area contributed by atoms with Gasteiger partial charge in [-0.05, 0) is 36.8 Å². The summed E-state index contributed by atoms with van der Waals surface area (Å²) in [4.78, 5) is 32.6. The summed E-state index contributed by atoms with van der Waals surface area (Å²) in [5.74, 6) is -2.60. The molecule has 4 rings (SSSR count). The maximum Gasteiger partial charge on any atom is 0.321 e. The Morgan fingerprint density at radius 3 is 2.65 bits per heavy atom. The van der Waals surface area contributed by atoms with Crippen molar-refractivity contribution in [2.45, 2.75) is 13.0 Å². The van der Waals surface area contributed by atoms with Gasteiger partial charge >= 0.3 is 5.97 Å². The van der Waals surface area contributed by atoms with Gasteiger partial charge in [0.15, 0.2) is 17.4 Å². The Bertz CT molecular complexity index is 1140. The van der Waals surface area contributed by atoms with Crippen LogP contribution in [0.15, 0.2) is 42.5 Å². The van der Waals surface area contributed by atoms with E-state index in [-0.39, 0.29) is 31.3 Å². The molecular weight excluding hydrogens is 402 g/mol. The van der Waals surface area contributed by atoms with E-state index >= 15 is 0 Å². The molecule has 0 saturated heterocycles. The van der Waals surface area contributed by atoms with Gasteiger partial charge in [0, 0.05) is 7.11 Å². The van der Waals surface area contributed by atoms with E-state index in [1.54, 1.807) is 17.6 Å². The minimum absolute atomic E-state index is 0.117. The summed E-state index contributed by atoms with van der Waals surface area (Å²) in [6.45, 7) is 2.26. The third-order valence-corrected chi connectivity index (χ3v) is 5.35. The number of phenols is 2. The number of carbonyl (C=O) groups excluding carboxylic acids is 2. The highest BCUT2D eigenvalue weighted by atomic mass is 16.5. The monoisotopic (exact) mass is 425 g/mol. The number of benzene rings is 2. The SMILES string of the molecule is CCOC(=O)[C@H]1C(=O)N(CCOC)c2nc3ccccc3n2[C@H]1c1ccc(O)c(O)c1. The zero-order valence-electron chi connectivity index (χ0n) is 17.2. The largest absolute Gasteiger partial charge is 0.504 e. The summed E-state index contributed by atoms with van der Waals surface area (Å²) in [6.07, 6.45) is 0. The predicted octanol–water partition coefficient (Wildman–Crippen LogP) is 2.21. The number of imidazole rings is 1. The smallest absolute Gasteiger partial charge is 0.321 e. The quantitative estimate of drug-likeness (QED) is 0.354. The first kappa shape index (κ1) is 20.7. The van der Waals surface area contributed by atoms with Crippen LogP contribution in [0.3, 0.4) is 0 Å². The minimum Gasteiger partial charge on any atom is -0.504 e. The molecule has 1 aliphatic rings. The van der Waals surface area contributed by atoms with Crippen molar-refractivity contribution in [3.8, 4) is 11.5 Å². The van der Waals surface area contributed by atoms with Gasteiger partial charge in [0.1, 0.15) is 0 Å². The number of anilines is 1. The fourth-order valence-electron chi connectivity index (χ4n) is 3.97. The van der Waals surface area contributed by atoms with E-state index in [0.717, 1.165) is 5.52 Å². The molecule has 162 valence electrons. The van der Waals surface area contributed by atoms with Crippen molar-refractivity contribution in [1.29, 1.82) is 0 Å². The molecule has 1 aromatic heterocycles. The Morgan fingerprint density at radius 1 is 1.16 bits per heavy atom. The van der Waals surface area contributed by atoms with Gasteiger partial charge < -0.3 is 24.3 Å². The van der Waals surface area contributed by atoms with E-state index < -0.39 is 23.8 Å². The number of phenolic OH excluding ortho intramolecular Hbond substituents is 2. The number of amides is 1. The lowest BCUT2D eigenvalue weighted by atomic mass is 9.89. The molecule has 9 nitrogen and oxygen atoms in total. The lowest BCUT2D eigenvalue weighted by Crippen LogP contribution is -2.51. The average Bonchev–Trinajstić information content (AvgIpc) is 3.13. The number of hydrogen-bond acceptors (Lipinski definition) is 7. The standard InChI is InChI=1S/C22H23N3O6/c1-3-31-21(29)18-19(13-8-9-16(26)17(27)12-13)25-15-7-5-4-6-14(15)23-22(25)24(20(18)28)10-11-30-2/h4-9,12,18-19,26-27H,3,10-11H2,1-2H3/t18-,19+/m1/s1. The van der Waals surface area contributed by atoms with Gasteiger partial charge in [0.05, 0.1) is 36.8 Å². The zero-order chi connectivity index (χ0) is 22.1. The Balaban J connectivity index is 1.99. The van der Waals surface area contributed by atoms with E-state index in [0.29, 0.717) is 17.0 Å². The summed E-state index contributed by atoms with van der Waals surface area (Å²) in [7, 11) is 1.53. The van der Waals surface area contributed by atoms with E-state index in [1.165, 1.54) is 24.1 Å². The second-order valence-electron chi connectivity index (χ2n) is 7.18. The van der Waals surface area contributed by atoms with Gasteiger partial charge in [-0.3, -0.25) is 14.5 Å². The van der Waals surface area contributed by atoms with Crippen LogP contribution in [0.2, 0.25) is 0 Å². The molecule has 3 aromatic rings. The summed E-state index contributed by atoms with van der Waals surface area (Å²) >= 11 is 0. The van der Waals surface area contributed by atoms with Crippen LogP contribution >= 0.6 is 0 Å². The fraction of sp³-hybridized carbons (Fsp3) is 0.318. The van der Waals surface area contributed by atoms with Crippen LogP contribution in [0.4, 0.5) is 5.95 Å². The molecule has 2 N–H and O–H groups in total. The number of methoxy groups -OCH3 is 1. The molecule has 2 aromatic carbocycles. The molecule has 0 unspecified atom stereocenters.